The number of benzene rings is 1. The molecule has 3 aromatic rings. The predicted molar refractivity (Wildman–Crippen MR) is 125 cm³/mol. The van der Waals surface area contributed by atoms with E-state index in [2.05, 4.69) is 49.5 Å². The summed E-state index contributed by atoms with van der Waals surface area (Å²) in [6.45, 7) is 3.85. The number of piperazine rings is 1. The maximum atomic E-state index is 13.2. The van der Waals surface area contributed by atoms with E-state index in [1.165, 1.54) is 12.5 Å². The molecule has 3 aliphatic rings. The number of nitrogens with two attached hydrogens (primary N) is 2. The van der Waals surface area contributed by atoms with Gasteiger partial charge >= 0.3 is 6.18 Å². The Labute approximate surface area is 195 Å². The molecule has 34 heavy (non-hydrogen) atoms. The highest BCUT2D eigenvalue weighted by molar-refractivity contribution is 5.95. The van der Waals surface area contributed by atoms with Gasteiger partial charge in [0.2, 0.25) is 0 Å². The second-order valence-corrected chi connectivity index (χ2v) is 9.17. The Hall–Kier alpha value is -3.18. The fraction of sp³-hybridized carbons (Fsp3) is 0.435. The van der Waals surface area contributed by atoms with Crippen molar-refractivity contribution in [3.05, 3.63) is 47.4 Å². The topological polar surface area (TPSA) is 109 Å². The standard InChI is InChI=1S/C23H27F3N8/c1-12-17-6-5-14(34-11-15-3-4-16(34)10-33(15)2)9-18(17)22(32-31-12)30-21(28)19-7-13(27)8-20(29-19)23(24,25)26/h5-9,15-16,21H,3-4,10-11,28H2,1-2H3,(H2,27,29)(H,30,32)/t15-,16-,21+/m1/s1. The molecule has 2 aromatic heterocycles. The molecule has 0 radical (unpaired) electrons. The molecule has 3 aliphatic heterocycles. The number of pyridine rings is 1. The Bertz CT molecular complexity index is 1230. The molecule has 5 N–H and O–H groups in total. The van der Waals surface area contributed by atoms with E-state index >= 15 is 0 Å². The normalized spacial score (nSPS) is 21.8. The van der Waals surface area contributed by atoms with Gasteiger partial charge in [0.1, 0.15) is 11.9 Å². The average molecular weight is 473 g/mol. The van der Waals surface area contributed by atoms with Crippen LogP contribution in [0.5, 0.6) is 0 Å². The molecule has 1 aromatic carbocycles. The molecule has 11 heteroatoms. The van der Waals surface area contributed by atoms with Crippen LogP contribution >= 0.6 is 0 Å². The van der Waals surface area contributed by atoms with Gasteiger partial charge in [-0.3, -0.25) is 4.90 Å². The van der Waals surface area contributed by atoms with Crippen LogP contribution in [-0.4, -0.2) is 52.3 Å². The number of aryl methyl sites for hydroxylation is 1. The first-order chi connectivity index (χ1) is 16.1. The largest absolute Gasteiger partial charge is 0.433 e. The third-order valence-corrected chi connectivity index (χ3v) is 6.85. The van der Waals surface area contributed by atoms with Crippen molar-refractivity contribution in [2.45, 2.75) is 44.2 Å². The zero-order valence-corrected chi connectivity index (χ0v) is 19.0. The summed E-state index contributed by atoms with van der Waals surface area (Å²) in [5, 5.41) is 13.2. The zero-order valence-electron chi connectivity index (χ0n) is 19.0. The molecule has 5 heterocycles. The highest BCUT2D eigenvalue weighted by Crippen LogP contribution is 2.36. The van der Waals surface area contributed by atoms with Crippen LogP contribution in [0.15, 0.2) is 30.3 Å². The molecule has 3 saturated heterocycles. The number of alkyl halides is 3. The van der Waals surface area contributed by atoms with Gasteiger partial charge in [0.25, 0.3) is 0 Å². The van der Waals surface area contributed by atoms with E-state index in [-0.39, 0.29) is 11.4 Å². The Morgan fingerprint density at radius 2 is 1.82 bits per heavy atom. The minimum Gasteiger partial charge on any atom is -0.399 e. The van der Waals surface area contributed by atoms with Crippen LogP contribution in [0, 0.1) is 6.92 Å². The molecule has 3 fully saturated rings. The van der Waals surface area contributed by atoms with Crippen LogP contribution in [0.3, 0.4) is 0 Å². The number of nitrogen functional groups attached to an aromatic ring is 1. The van der Waals surface area contributed by atoms with Gasteiger partial charge in [0.05, 0.1) is 11.4 Å². The van der Waals surface area contributed by atoms with Crippen LogP contribution in [0.1, 0.15) is 36.1 Å². The van der Waals surface area contributed by atoms with Gasteiger partial charge in [-0.1, -0.05) is 6.07 Å². The lowest BCUT2D eigenvalue weighted by Gasteiger charge is -2.51. The van der Waals surface area contributed by atoms with Gasteiger partial charge in [-0.2, -0.15) is 18.3 Å². The molecule has 2 bridgehead atoms. The summed E-state index contributed by atoms with van der Waals surface area (Å²) in [6, 6.07) is 9.24. The van der Waals surface area contributed by atoms with Crippen LogP contribution in [0.2, 0.25) is 0 Å². The van der Waals surface area contributed by atoms with Crippen molar-refractivity contribution in [3.63, 3.8) is 0 Å². The zero-order chi connectivity index (χ0) is 24.2. The number of fused-ring (bicyclic) bond motifs is 4. The molecule has 0 spiro atoms. The predicted octanol–water partition coefficient (Wildman–Crippen LogP) is 3.29. The molecule has 8 nitrogen and oxygen atoms in total. The van der Waals surface area contributed by atoms with Crippen molar-refractivity contribution in [3.8, 4) is 0 Å². The van der Waals surface area contributed by atoms with Crippen molar-refractivity contribution in [1.82, 2.24) is 20.1 Å². The van der Waals surface area contributed by atoms with Crippen LogP contribution in [0.25, 0.3) is 10.8 Å². The average Bonchev–Trinajstić information content (AvgIpc) is 2.80. The SMILES string of the molecule is Cc1nnc(N[C@H](N)c2cc(N)cc(C(F)(F)F)n2)c2cc(N3C[C@H]4CC[C@@H]3CN4C)ccc12. The highest BCUT2D eigenvalue weighted by Gasteiger charge is 2.37. The lowest BCUT2D eigenvalue weighted by atomic mass is 9.90. The number of piperidine rings is 2. The summed E-state index contributed by atoms with van der Waals surface area (Å²) >= 11 is 0. The summed E-state index contributed by atoms with van der Waals surface area (Å²) in [5.41, 5.74) is 12.5. The monoisotopic (exact) mass is 472 g/mol. The first kappa shape index (κ1) is 22.6. The summed E-state index contributed by atoms with van der Waals surface area (Å²) < 4.78 is 39.6. The number of nitrogens with one attached hydrogen (secondary N) is 1. The lowest BCUT2D eigenvalue weighted by molar-refractivity contribution is -0.141. The number of hydrogen-bond donors (Lipinski definition) is 3. The second kappa shape index (κ2) is 8.24. The van der Waals surface area contributed by atoms with E-state index in [1.54, 1.807) is 0 Å². The molecule has 0 amide bonds. The summed E-state index contributed by atoms with van der Waals surface area (Å²) in [5.74, 6) is 0.382. The van der Waals surface area contributed by atoms with Gasteiger partial charge in [0, 0.05) is 47.3 Å². The molecule has 0 saturated carbocycles. The number of rotatable bonds is 4. The fourth-order valence-corrected chi connectivity index (χ4v) is 5.02. The molecule has 3 atom stereocenters. The van der Waals surface area contributed by atoms with E-state index in [1.807, 2.05) is 13.0 Å². The third kappa shape index (κ3) is 4.09. The number of nitrogens with zero attached hydrogens (tertiary/aromatic N) is 5. The highest BCUT2D eigenvalue weighted by atomic mass is 19.4. The first-order valence-electron chi connectivity index (χ1n) is 11.2. The summed E-state index contributed by atoms with van der Waals surface area (Å²) in [6.07, 6.45) is -3.34. The van der Waals surface area contributed by atoms with Crippen molar-refractivity contribution in [2.24, 2.45) is 5.73 Å². The minimum absolute atomic E-state index is 0.0321. The summed E-state index contributed by atoms with van der Waals surface area (Å²) in [4.78, 5) is 8.52. The maximum absolute atomic E-state index is 13.2. The van der Waals surface area contributed by atoms with Gasteiger partial charge in [-0.05, 0) is 51.1 Å². The molecular weight excluding hydrogens is 445 g/mol. The Kier molecular flexibility index (Phi) is 5.48. The lowest BCUT2D eigenvalue weighted by Crippen LogP contribution is -2.61. The van der Waals surface area contributed by atoms with Crippen LogP contribution in [-0.2, 0) is 6.18 Å². The van der Waals surface area contributed by atoms with Crippen LogP contribution < -0.4 is 21.7 Å². The quantitative estimate of drug-likeness (QED) is 0.497. The van der Waals surface area contributed by atoms with Crippen LogP contribution in [0.4, 0.5) is 30.4 Å². The smallest absolute Gasteiger partial charge is 0.399 e. The molecule has 0 aliphatic carbocycles. The van der Waals surface area contributed by atoms with Crippen molar-refractivity contribution in [1.29, 1.82) is 0 Å². The van der Waals surface area contributed by atoms with E-state index in [0.29, 0.717) is 17.9 Å². The van der Waals surface area contributed by atoms with Gasteiger partial charge in [0.15, 0.2) is 5.82 Å². The minimum atomic E-state index is -4.63. The summed E-state index contributed by atoms with van der Waals surface area (Å²) in [7, 11) is 2.17. The van der Waals surface area contributed by atoms with Gasteiger partial charge in [-0.15, -0.1) is 5.10 Å². The van der Waals surface area contributed by atoms with Crippen molar-refractivity contribution >= 4 is 28.0 Å². The Morgan fingerprint density at radius 3 is 2.50 bits per heavy atom. The van der Waals surface area contributed by atoms with Crippen molar-refractivity contribution < 1.29 is 13.2 Å². The molecular formula is C23H27F3N8. The first-order valence-corrected chi connectivity index (χ1v) is 11.2. The van der Waals surface area contributed by atoms with E-state index < -0.39 is 18.0 Å². The van der Waals surface area contributed by atoms with Gasteiger partial charge < -0.3 is 21.7 Å². The number of halogens is 3. The van der Waals surface area contributed by atoms with E-state index in [0.717, 1.165) is 47.7 Å². The van der Waals surface area contributed by atoms with E-state index in [9.17, 15) is 13.2 Å². The fourth-order valence-electron chi connectivity index (χ4n) is 5.02. The molecule has 6 rings (SSSR count). The number of anilines is 3. The van der Waals surface area contributed by atoms with Crippen molar-refractivity contribution in [2.75, 3.05) is 36.1 Å². The molecule has 180 valence electrons. The third-order valence-electron chi connectivity index (χ3n) is 6.85. The number of likely N-dealkylation sites (N-methyl/N-ethyl adjacent to an activating group) is 1. The van der Waals surface area contributed by atoms with E-state index in [4.69, 9.17) is 11.5 Å². The van der Waals surface area contributed by atoms with Gasteiger partial charge in [-0.25, -0.2) is 4.98 Å². The number of hydrogen-bond acceptors (Lipinski definition) is 8. The molecule has 0 unspecified atom stereocenters. The Morgan fingerprint density at radius 1 is 1.06 bits per heavy atom. The second-order valence-electron chi connectivity index (χ2n) is 9.17. The Balaban J connectivity index is 1.49. The maximum Gasteiger partial charge on any atom is 0.433 e. The number of aromatic nitrogens is 3.